The average Bonchev–Trinajstić information content (AvgIpc) is 2.90. The molecule has 5 unspecified atom stereocenters. The van der Waals surface area contributed by atoms with Crippen molar-refractivity contribution < 1.29 is 4.74 Å². The minimum absolute atomic E-state index is 0.400. The molecular formula is C14H24BrNO. The van der Waals surface area contributed by atoms with Crippen LogP contribution >= 0.6 is 15.9 Å². The van der Waals surface area contributed by atoms with Gasteiger partial charge in [0.1, 0.15) is 0 Å². The van der Waals surface area contributed by atoms with E-state index < -0.39 is 0 Å². The molecule has 2 nitrogen and oxygen atoms in total. The number of alkyl halides is 1. The monoisotopic (exact) mass is 301 g/mol. The molecule has 3 fully saturated rings. The molecule has 1 aliphatic heterocycles. The van der Waals surface area contributed by atoms with Gasteiger partial charge in [-0.15, -0.1) is 0 Å². The minimum Gasteiger partial charge on any atom is -0.372 e. The van der Waals surface area contributed by atoms with E-state index in [1.54, 1.807) is 0 Å². The van der Waals surface area contributed by atoms with E-state index >= 15 is 0 Å². The number of halogens is 1. The summed E-state index contributed by atoms with van der Waals surface area (Å²) in [5.74, 6) is 3.13. The zero-order chi connectivity index (χ0) is 11.8. The fraction of sp³-hybridized carbons (Fsp3) is 1.00. The van der Waals surface area contributed by atoms with Gasteiger partial charge in [-0.2, -0.15) is 0 Å². The van der Waals surface area contributed by atoms with Gasteiger partial charge in [0.05, 0.1) is 12.2 Å². The first-order chi connectivity index (χ1) is 8.24. The van der Waals surface area contributed by atoms with Crippen LogP contribution in [0.25, 0.3) is 0 Å². The molecule has 0 amide bonds. The molecule has 1 saturated heterocycles. The molecule has 3 heteroatoms. The van der Waals surface area contributed by atoms with Crippen LogP contribution in [0.2, 0.25) is 0 Å². The molecular weight excluding hydrogens is 278 g/mol. The standard InChI is InChI=1S/C14H24BrNO/c1-10-7-16(9-14(6-15)17-10)8-13-5-11-2-3-12(13)4-11/h10-14H,2-9H2,1H3. The first-order valence-corrected chi connectivity index (χ1v) is 8.30. The second-order valence-corrected chi connectivity index (χ2v) is 7.02. The van der Waals surface area contributed by atoms with Crippen LogP contribution in [0.4, 0.5) is 0 Å². The molecule has 3 aliphatic rings. The highest BCUT2D eigenvalue weighted by atomic mass is 79.9. The largest absolute Gasteiger partial charge is 0.372 e. The van der Waals surface area contributed by atoms with Crippen LogP contribution < -0.4 is 0 Å². The zero-order valence-corrected chi connectivity index (χ0v) is 12.4. The van der Waals surface area contributed by atoms with Gasteiger partial charge < -0.3 is 4.74 Å². The van der Waals surface area contributed by atoms with Gasteiger partial charge in [0, 0.05) is 25.0 Å². The molecule has 0 radical (unpaired) electrons. The molecule has 2 aliphatic carbocycles. The van der Waals surface area contributed by atoms with Gasteiger partial charge in [0.15, 0.2) is 0 Å². The molecule has 5 atom stereocenters. The van der Waals surface area contributed by atoms with E-state index in [4.69, 9.17) is 4.74 Å². The second-order valence-electron chi connectivity index (χ2n) is 6.38. The first-order valence-electron chi connectivity index (χ1n) is 7.18. The summed E-state index contributed by atoms with van der Waals surface area (Å²) in [6.45, 7) is 5.81. The summed E-state index contributed by atoms with van der Waals surface area (Å²) in [5.41, 5.74) is 0. The summed E-state index contributed by atoms with van der Waals surface area (Å²) in [6, 6.07) is 0. The van der Waals surface area contributed by atoms with Crippen molar-refractivity contribution in [2.45, 2.75) is 44.8 Å². The summed E-state index contributed by atoms with van der Waals surface area (Å²) in [4.78, 5) is 2.66. The van der Waals surface area contributed by atoms with E-state index in [2.05, 4.69) is 27.8 Å². The van der Waals surface area contributed by atoms with Crippen molar-refractivity contribution in [3.05, 3.63) is 0 Å². The van der Waals surface area contributed by atoms with E-state index in [1.165, 1.54) is 32.2 Å². The van der Waals surface area contributed by atoms with Gasteiger partial charge in [0.2, 0.25) is 0 Å². The van der Waals surface area contributed by atoms with Crippen LogP contribution in [0.15, 0.2) is 0 Å². The molecule has 3 rings (SSSR count). The Balaban J connectivity index is 1.54. The number of nitrogens with zero attached hydrogens (tertiary/aromatic N) is 1. The van der Waals surface area contributed by atoms with E-state index in [0.29, 0.717) is 12.2 Å². The van der Waals surface area contributed by atoms with Gasteiger partial charge in [-0.3, -0.25) is 4.90 Å². The van der Waals surface area contributed by atoms with E-state index in [9.17, 15) is 0 Å². The number of ether oxygens (including phenoxy) is 1. The number of rotatable bonds is 3. The summed E-state index contributed by atoms with van der Waals surface area (Å²) in [6.07, 6.45) is 6.88. The third-order valence-electron chi connectivity index (χ3n) is 4.95. The molecule has 1 heterocycles. The Kier molecular flexibility index (Phi) is 3.79. The predicted octanol–water partition coefficient (Wildman–Crippen LogP) is 2.91. The maximum atomic E-state index is 5.90. The molecule has 98 valence electrons. The summed E-state index contributed by atoms with van der Waals surface area (Å²) >= 11 is 3.56. The normalized spacial score (nSPS) is 46.6. The van der Waals surface area contributed by atoms with Gasteiger partial charge in [-0.05, 0) is 43.9 Å². The number of hydrogen-bond acceptors (Lipinski definition) is 2. The highest BCUT2D eigenvalue weighted by Crippen LogP contribution is 2.48. The summed E-state index contributed by atoms with van der Waals surface area (Å²) in [7, 11) is 0. The Bertz CT molecular complexity index is 273. The fourth-order valence-electron chi connectivity index (χ4n) is 4.31. The smallest absolute Gasteiger partial charge is 0.0802 e. The predicted molar refractivity (Wildman–Crippen MR) is 73.5 cm³/mol. The molecule has 0 aromatic carbocycles. The fourth-order valence-corrected chi connectivity index (χ4v) is 4.66. The van der Waals surface area contributed by atoms with Gasteiger partial charge >= 0.3 is 0 Å². The molecule has 0 aromatic rings. The van der Waals surface area contributed by atoms with E-state index in [0.717, 1.165) is 36.2 Å². The Morgan fingerprint density at radius 3 is 2.76 bits per heavy atom. The lowest BCUT2D eigenvalue weighted by atomic mass is 9.88. The number of fused-ring (bicyclic) bond motifs is 2. The average molecular weight is 302 g/mol. The first kappa shape index (κ1) is 12.4. The topological polar surface area (TPSA) is 12.5 Å². The third-order valence-corrected chi connectivity index (χ3v) is 5.67. The zero-order valence-electron chi connectivity index (χ0n) is 10.8. The van der Waals surface area contributed by atoms with Gasteiger partial charge in [-0.1, -0.05) is 22.4 Å². The molecule has 0 N–H and O–H groups in total. The van der Waals surface area contributed by atoms with Crippen LogP contribution in [-0.2, 0) is 4.74 Å². The molecule has 0 aromatic heterocycles. The summed E-state index contributed by atoms with van der Waals surface area (Å²) in [5, 5.41) is 0.977. The van der Waals surface area contributed by atoms with Crippen molar-refractivity contribution in [3.63, 3.8) is 0 Å². The van der Waals surface area contributed by atoms with Gasteiger partial charge in [0.25, 0.3) is 0 Å². The maximum absolute atomic E-state index is 5.90. The van der Waals surface area contributed by atoms with Crippen molar-refractivity contribution in [3.8, 4) is 0 Å². The quantitative estimate of drug-likeness (QED) is 0.743. The highest BCUT2D eigenvalue weighted by molar-refractivity contribution is 9.09. The molecule has 0 spiro atoms. The van der Waals surface area contributed by atoms with Crippen molar-refractivity contribution in [2.75, 3.05) is 25.0 Å². The van der Waals surface area contributed by atoms with E-state index in [-0.39, 0.29) is 0 Å². The van der Waals surface area contributed by atoms with Crippen LogP contribution in [0.1, 0.15) is 32.6 Å². The number of hydrogen-bond donors (Lipinski definition) is 0. The second kappa shape index (κ2) is 5.18. The Labute approximate surface area is 113 Å². The Morgan fingerprint density at radius 2 is 2.12 bits per heavy atom. The summed E-state index contributed by atoms with van der Waals surface area (Å²) < 4.78 is 5.90. The van der Waals surface area contributed by atoms with Crippen LogP contribution in [0.5, 0.6) is 0 Å². The molecule has 2 saturated carbocycles. The molecule has 17 heavy (non-hydrogen) atoms. The van der Waals surface area contributed by atoms with Gasteiger partial charge in [-0.25, -0.2) is 0 Å². The van der Waals surface area contributed by atoms with E-state index in [1.807, 2.05) is 0 Å². The lowest BCUT2D eigenvalue weighted by molar-refractivity contribution is -0.0704. The number of morpholine rings is 1. The Morgan fingerprint density at radius 1 is 1.24 bits per heavy atom. The Hall–Kier alpha value is 0.400. The van der Waals surface area contributed by atoms with Crippen molar-refractivity contribution in [1.82, 2.24) is 4.90 Å². The lowest BCUT2D eigenvalue weighted by Crippen LogP contribution is -2.49. The van der Waals surface area contributed by atoms with Crippen LogP contribution in [-0.4, -0.2) is 42.1 Å². The van der Waals surface area contributed by atoms with Crippen molar-refractivity contribution >= 4 is 15.9 Å². The lowest BCUT2D eigenvalue weighted by Gasteiger charge is -2.38. The minimum atomic E-state index is 0.400. The maximum Gasteiger partial charge on any atom is 0.0802 e. The highest BCUT2D eigenvalue weighted by Gasteiger charge is 2.40. The van der Waals surface area contributed by atoms with Crippen molar-refractivity contribution in [1.29, 1.82) is 0 Å². The SMILES string of the molecule is CC1CN(CC2CC3CCC2C3)CC(CBr)O1. The van der Waals surface area contributed by atoms with Crippen LogP contribution in [0, 0.1) is 17.8 Å². The third kappa shape index (κ3) is 2.71. The molecule has 2 bridgehead atoms. The van der Waals surface area contributed by atoms with Crippen LogP contribution in [0.3, 0.4) is 0 Å². The van der Waals surface area contributed by atoms with Crippen molar-refractivity contribution in [2.24, 2.45) is 17.8 Å².